The van der Waals surface area contributed by atoms with Gasteiger partial charge in [-0.15, -0.1) is 0 Å². The van der Waals surface area contributed by atoms with Gasteiger partial charge in [0.1, 0.15) is 16.4 Å². The van der Waals surface area contributed by atoms with Crippen molar-refractivity contribution in [1.82, 2.24) is 14.5 Å². The Hall–Kier alpha value is -2.88. The maximum atomic E-state index is 13.6. The van der Waals surface area contributed by atoms with Crippen LogP contribution in [0.4, 0.5) is 0 Å². The summed E-state index contributed by atoms with van der Waals surface area (Å²) >= 11 is 0. The van der Waals surface area contributed by atoms with Gasteiger partial charge in [0.2, 0.25) is 5.91 Å². The van der Waals surface area contributed by atoms with Crippen LogP contribution in [0.25, 0.3) is 16.7 Å². The summed E-state index contributed by atoms with van der Waals surface area (Å²) in [5.41, 5.74) is 3.02. The molecule has 3 N–H and O–H groups in total. The van der Waals surface area contributed by atoms with Crippen LogP contribution in [0.1, 0.15) is 56.2 Å². The summed E-state index contributed by atoms with van der Waals surface area (Å²) in [6.45, 7) is 13.6. The Kier molecular flexibility index (Phi) is 9.98. The minimum Gasteiger partial charge on any atom is -0.507 e. The number of allylic oxidation sites excluding steroid dienone is 1. The molecule has 0 aliphatic carbocycles. The number of amides is 1. The van der Waals surface area contributed by atoms with Gasteiger partial charge in [0.25, 0.3) is 10.0 Å². The van der Waals surface area contributed by atoms with Crippen LogP contribution < -0.4 is 4.72 Å². The standard InChI is InChI=1S/C29H41N3O5S/c1-6-7-8-9-22-19-25(33)27(24-18-21(4)10-11-23(24)20(2)3)28(35)29(22)38(36,37)30-26(34)12-13-32-16-14-31(5)15-17-32/h10-11,18-19,33,35H,2,6-9,12-17H2,1,3-5H3,(H,30,34). The van der Waals surface area contributed by atoms with Crippen LogP contribution in [0.2, 0.25) is 0 Å². The van der Waals surface area contributed by atoms with Gasteiger partial charge in [-0.3, -0.25) is 4.79 Å². The molecule has 0 bridgehead atoms. The van der Waals surface area contributed by atoms with Crippen LogP contribution in [0, 0.1) is 6.92 Å². The smallest absolute Gasteiger partial charge is 0.268 e. The number of aromatic hydroxyl groups is 2. The molecule has 1 aliphatic heterocycles. The predicted octanol–water partition coefficient (Wildman–Crippen LogP) is 4.28. The SMILES string of the molecule is C=C(C)c1ccc(C)cc1-c1c(O)cc(CCCCC)c(S(=O)(=O)NC(=O)CCN2CCN(C)CC2)c1O. The lowest BCUT2D eigenvalue weighted by atomic mass is 9.91. The number of nitrogens with zero attached hydrogens (tertiary/aromatic N) is 2. The maximum absolute atomic E-state index is 13.6. The van der Waals surface area contributed by atoms with Crippen molar-refractivity contribution < 1.29 is 23.4 Å². The Balaban J connectivity index is 2.00. The van der Waals surface area contributed by atoms with Gasteiger partial charge in [0.15, 0.2) is 0 Å². The lowest BCUT2D eigenvalue weighted by molar-refractivity contribution is -0.119. The van der Waals surface area contributed by atoms with E-state index in [0.29, 0.717) is 36.1 Å². The average Bonchev–Trinajstić information content (AvgIpc) is 2.83. The Morgan fingerprint density at radius 2 is 1.79 bits per heavy atom. The average molecular weight is 544 g/mol. The summed E-state index contributed by atoms with van der Waals surface area (Å²) in [5, 5.41) is 22.4. The molecule has 38 heavy (non-hydrogen) atoms. The maximum Gasteiger partial charge on any atom is 0.268 e. The fraction of sp³-hybridized carbons (Fsp3) is 0.483. The number of sulfonamides is 1. The van der Waals surface area contributed by atoms with E-state index in [1.165, 1.54) is 6.07 Å². The number of aryl methyl sites for hydroxylation is 2. The molecule has 1 fully saturated rings. The van der Waals surface area contributed by atoms with Crippen LogP contribution in [-0.4, -0.2) is 74.1 Å². The second-order valence-corrected chi connectivity index (χ2v) is 11.9. The van der Waals surface area contributed by atoms with Crippen molar-refractivity contribution in [3.05, 3.63) is 47.5 Å². The van der Waals surface area contributed by atoms with Crippen LogP contribution in [0.3, 0.4) is 0 Å². The quantitative estimate of drug-likeness (QED) is 0.363. The molecule has 8 nitrogen and oxygen atoms in total. The van der Waals surface area contributed by atoms with Gasteiger partial charge < -0.3 is 20.0 Å². The Labute approximate surface area is 227 Å². The highest BCUT2D eigenvalue weighted by molar-refractivity contribution is 7.90. The van der Waals surface area contributed by atoms with E-state index in [1.54, 1.807) is 13.0 Å². The molecule has 0 unspecified atom stereocenters. The second kappa shape index (κ2) is 12.8. The lowest BCUT2D eigenvalue weighted by Crippen LogP contribution is -2.45. The first-order chi connectivity index (χ1) is 17.9. The fourth-order valence-electron chi connectivity index (χ4n) is 4.83. The number of hydrogen-bond acceptors (Lipinski definition) is 7. The molecule has 1 saturated heterocycles. The van der Waals surface area contributed by atoms with Crippen molar-refractivity contribution in [3.8, 4) is 22.6 Å². The Morgan fingerprint density at radius 3 is 2.42 bits per heavy atom. The van der Waals surface area contributed by atoms with E-state index in [9.17, 15) is 23.4 Å². The zero-order valence-electron chi connectivity index (χ0n) is 23.0. The van der Waals surface area contributed by atoms with E-state index >= 15 is 0 Å². The molecule has 0 saturated carbocycles. The monoisotopic (exact) mass is 543 g/mol. The van der Waals surface area contributed by atoms with Crippen LogP contribution >= 0.6 is 0 Å². The third kappa shape index (κ3) is 7.15. The normalized spacial score (nSPS) is 14.9. The van der Waals surface area contributed by atoms with Crippen molar-refractivity contribution >= 4 is 21.5 Å². The van der Waals surface area contributed by atoms with Gasteiger partial charge in [0.05, 0.1) is 5.56 Å². The van der Waals surface area contributed by atoms with E-state index in [4.69, 9.17) is 0 Å². The van der Waals surface area contributed by atoms with E-state index in [0.717, 1.165) is 44.6 Å². The number of phenols is 2. The minimum atomic E-state index is -4.42. The molecule has 0 aromatic heterocycles. The highest BCUT2D eigenvalue weighted by atomic mass is 32.2. The van der Waals surface area contributed by atoms with E-state index < -0.39 is 21.7 Å². The third-order valence-corrected chi connectivity index (χ3v) is 8.52. The van der Waals surface area contributed by atoms with Crippen molar-refractivity contribution in [1.29, 1.82) is 0 Å². The molecule has 3 rings (SSSR count). The summed E-state index contributed by atoms with van der Waals surface area (Å²) in [6.07, 6.45) is 2.82. The lowest BCUT2D eigenvalue weighted by Gasteiger charge is -2.32. The second-order valence-electron chi connectivity index (χ2n) is 10.3. The molecular weight excluding hydrogens is 502 g/mol. The summed E-state index contributed by atoms with van der Waals surface area (Å²) in [6, 6.07) is 6.90. The molecule has 1 amide bonds. The zero-order chi connectivity index (χ0) is 28.0. The van der Waals surface area contributed by atoms with Gasteiger partial charge in [0, 0.05) is 39.1 Å². The molecule has 0 radical (unpaired) electrons. The van der Waals surface area contributed by atoms with Gasteiger partial charge in [-0.2, -0.15) is 0 Å². The fourth-order valence-corrected chi connectivity index (χ4v) is 6.19. The first-order valence-electron chi connectivity index (χ1n) is 13.3. The van der Waals surface area contributed by atoms with E-state index in [1.807, 2.05) is 33.0 Å². The number of benzene rings is 2. The van der Waals surface area contributed by atoms with Gasteiger partial charge in [-0.25, -0.2) is 13.1 Å². The first kappa shape index (κ1) is 29.7. The molecule has 2 aromatic carbocycles. The van der Waals surface area contributed by atoms with Gasteiger partial charge in [-0.05, 0) is 56.5 Å². The summed E-state index contributed by atoms with van der Waals surface area (Å²) in [4.78, 5) is 16.7. The van der Waals surface area contributed by atoms with E-state index in [2.05, 4.69) is 21.1 Å². The summed E-state index contributed by atoms with van der Waals surface area (Å²) in [7, 11) is -2.38. The van der Waals surface area contributed by atoms with E-state index in [-0.39, 0.29) is 28.2 Å². The molecular formula is C29H41N3O5S. The molecule has 208 valence electrons. The van der Waals surface area contributed by atoms with Crippen LogP contribution in [0.5, 0.6) is 11.5 Å². The largest absolute Gasteiger partial charge is 0.507 e. The topological polar surface area (TPSA) is 110 Å². The first-order valence-corrected chi connectivity index (χ1v) is 14.7. The van der Waals surface area contributed by atoms with Gasteiger partial charge >= 0.3 is 0 Å². The minimum absolute atomic E-state index is 0.0104. The number of hydrogen-bond donors (Lipinski definition) is 3. The van der Waals surface area contributed by atoms with Crippen molar-refractivity contribution in [2.75, 3.05) is 39.8 Å². The number of nitrogens with one attached hydrogen (secondary N) is 1. The molecule has 2 aromatic rings. The van der Waals surface area contributed by atoms with Crippen molar-refractivity contribution in [3.63, 3.8) is 0 Å². The number of likely N-dealkylation sites (N-methyl/N-ethyl adjacent to an activating group) is 1. The Bertz CT molecular complexity index is 1280. The number of rotatable bonds is 11. The third-order valence-electron chi connectivity index (χ3n) is 7.03. The number of phenolic OH excluding ortho intramolecular Hbond substituents is 2. The number of carbonyl (C=O) groups excluding carboxylic acids is 1. The van der Waals surface area contributed by atoms with Gasteiger partial charge in [-0.1, -0.05) is 55.7 Å². The molecule has 1 heterocycles. The summed E-state index contributed by atoms with van der Waals surface area (Å²) in [5.74, 6) is -1.41. The molecule has 0 spiro atoms. The van der Waals surface area contributed by atoms with Crippen molar-refractivity contribution in [2.24, 2.45) is 0 Å². The number of piperazine rings is 1. The number of carbonyl (C=O) groups is 1. The highest BCUT2D eigenvalue weighted by Gasteiger charge is 2.30. The molecule has 0 atom stereocenters. The highest BCUT2D eigenvalue weighted by Crippen LogP contribution is 2.46. The van der Waals surface area contributed by atoms with Crippen molar-refractivity contribution in [2.45, 2.75) is 57.8 Å². The molecule has 1 aliphatic rings. The molecule has 9 heteroatoms. The Morgan fingerprint density at radius 1 is 1.11 bits per heavy atom. The predicted molar refractivity (Wildman–Crippen MR) is 152 cm³/mol. The van der Waals surface area contributed by atoms with Crippen LogP contribution in [0.15, 0.2) is 35.7 Å². The number of unbranched alkanes of at least 4 members (excludes halogenated alkanes) is 2. The zero-order valence-corrected chi connectivity index (χ0v) is 23.8. The summed E-state index contributed by atoms with van der Waals surface area (Å²) < 4.78 is 29.3. The van der Waals surface area contributed by atoms with Crippen LogP contribution in [-0.2, 0) is 21.2 Å².